The number of hydrogen-bond acceptors (Lipinski definition) is 6. The fourth-order valence-corrected chi connectivity index (χ4v) is 2.76. The van der Waals surface area contributed by atoms with E-state index in [1.54, 1.807) is 30.3 Å². The molecule has 0 atom stereocenters. The number of aromatic nitrogens is 2. The highest BCUT2D eigenvalue weighted by Gasteiger charge is 2.18. The van der Waals surface area contributed by atoms with Crippen LogP contribution in [0.2, 0.25) is 5.02 Å². The summed E-state index contributed by atoms with van der Waals surface area (Å²) in [5.41, 5.74) is 1.01. The molecule has 0 aliphatic rings. The van der Waals surface area contributed by atoms with Crippen molar-refractivity contribution in [1.82, 2.24) is 15.5 Å². The van der Waals surface area contributed by atoms with E-state index in [4.69, 9.17) is 25.5 Å². The van der Waals surface area contributed by atoms with Crippen molar-refractivity contribution in [2.45, 2.75) is 6.42 Å². The Morgan fingerprint density at radius 1 is 1.07 bits per heavy atom. The molecule has 0 aliphatic heterocycles. The largest absolute Gasteiger partial charge is 0.496 e. The highest BCUT2D eigenvalue weighted by atomic mass is 35.5. The average Bonchev–Trinajstić information content (AvgIpc) is 3.16. The van der Waals surface area contributed by atoms with Gasteiger partial charge in [-0.05, 0) is 24.3 Å². The minimum Gasteiger partial charge on any atom is -0.496 e. The van der Waals surface area contributed by atoms with E-state index in [2.05, 4.69) is 15.5 Å². The van der Waals surface area contributed by atoms with Gasteiger partial charge in [0.05, 0.1) is 24.8 Å². The van der Waals surface area contributed by atoms with Gasteiger partial charge in [-0.15, -0.1) is 10.2 Å². The summed E-state index contributed by atoms with van der Waals surface area (Å²) in [5, 5.41) is 11.3. The molecule has 8 heteroatoms. The monoisotopic (exact) mass is 387 g/mol. The van der Waals surface area contributed by atoms with E-state index in [1.807, 2.05) is 12.1 Å². The van der Waals surface area contributed by atoms with Crippen LogP contribution in [0.1, 0.15) is 16.2 Å². The summed E-state index contributed by atoms with van der Waals surface area (Å²) in [5.74, 6) is 1.30. The molecule has 0 saturated carbocycles. The van der Waals surface area contributed by atoms with E-state index in [1.165, 1.54) is 14.2 Å². The molecule has 0 unspecified atom stereocenters. The number of methoxy groups -OCH3 is 2. The predicted molar refractivity (Wildman–Crippen MR) is 100 cm³/mol. The number of benzene rings is 2. The van der Waals surface area contributed by atoms with Gasteiger partial charge in [0.25, 0.3) is 5.91 Å². The summed E-state index contributed by atoms with van der Waals surface area (Å²) in [6.07, 6.45) is 0.376. The molecule has 1 heterocycles. The summed E-state index contributed by atoms with van der Waals surface area (Å²) < 4.78 is 16.1. The van der Waals surface area contributed by atoms with Crippen molar-refractivity contribution in [3.63, 3.8) is 0 Å². The van der Waals surface area contributed by atoms with Crippen molar-refractivity contribution in [2.24, 2.45) is 0 Å². The Bertz CT molecular complexity index is 920. The van der Waals surface area contributed by atoms with E-state index in [0.717, 1.165) is 0 Å². The van der Waals surface area contributed by atoms with Crippen LogP contribution < -0.4 is 14.8 Å². The number of nitrogens with zero attached hydrogens (tertiary/aromatic N) is 2. The molecule has 1 amide bonds. The van der Waals surface area contributed by atoms with Crippen LogP contribution in [-0.4, -0.2) is 36.9 Å². The van der Waals surface area contributed by atoms with Gasteiger partial charge in [-0.2, -0.15) is 0 Å². The summed E-state index contributed by atoms with van der Waals surface area (Å²) in [4.78, 5) is 12.5. The number of hydrogen-bond donors (Lipinski definition) is 1. The molecule has 1 aromatic heterocycles. The molecule has 0 fully saturated rings. The molecule has 0 saturated heterocycles. The third-order valence-corrected chi connectivity index (χ3v) is 4.18. The van der Waals surface area contributed by atoms with Crippen LogP contribution in [0.15, 0.2) is 46.9 Å². The third-order valence-electron chi connectivity index (χ3n) is 3.85. The normalized spacial score (nSPS) is 10.5. The van der Waals surface area contributed by atoms with Crippen molar-refractivity contribution in [3.8, 4) is 23.0 Å². The minimum absolute atomic E-state index is 0.310. The SMILES string of the molecule is COc1cccc(OC)c1C(=O)NCCc1nnc(-c2ccccc2Cl)o1. The second kappa shape index (κ2) is 8.55. The fourth-order valence-electron chi connectivity index (χ4n) is 2.54. The number of carbonyl (C=O) groups is 1. The number of rotatable bonds is 7. The summed E-state index contributed by atoms with van der Waals surface area (Å²) >= 11 is 6.13. The molecule has 0 aliphatic carbocycles. The maximum atomic E-state index is 12.5. The van der Waals surface area contributed by atoms with Crippen LogP contribution in [-0.2, 0) is 6.42 Å². The third kappa shape index (κ3) is 4.20. The first-order valence-electron chi connectivity index (χ1n) is 8.20. The lowest BCUT2D eigenvalue weighted by atomic mass is 10.1. The van der Waals surface area contributed by atoms with Crippen LogP contribution in [0.4, 0.5) is 0 Å². The van der Waals surface area contributed by atoms with E-state index < -0.39 is 0 Å². The molecule has 1 N–H and O–H groups in total. The lowest BCUT2D eigenvalue weighted by molar-refractivity contribution is 0.0947. The molecule has 7 nitrogen and oxygen atoms in total. The zero-order valence-corrected chi connectivity index (χ0v) is 15.6. The lowest BCUT2D eigenvalue weighted by Gasteiger charge is -2.12. The summed E-state index contributed by atoms with van der Waals surface area (Å²) in [7, 11) is 3.00. The Kier molecular flexibility index (Phi) is 5.93. The van der Waals surface area contributed by atoms with Crippen LogP contribution in [0, 0.1) is 0 Å². The van der Waals surface area contributed by atoms with Crippen molar-refractivity contribution in [1.29, 1.82) is 0 Å². The van der Waals surface area contributed by atoms with Crippen molar-refractivity contribution < 1.29 is 18.7 Å². The molecule has 0 radical (unpaired) electrons. The molecule has 3 aromatic rings. The number of ether oxygens (including phenoxy) is 2. The van der Waals surface area contributed by atoms with Gasteiger partial charge in [-0.3, -0.25) is 4.79 Å². The molecular weight excluding hydrogens is 370 g/mol. The van der Waals surface area contributed by atoms with Gasteiger partial charge in [-0.25, -0.2) is 0 Å². The predicted octanol–water partition coefficient (Wildman–Crippen LogP) is 3.38. The van der Waals surface area contributed by atoms with E-state index in [-0.39, 0.29) is 5.91 Å². The van der Waals surface area contributed by atoms with Crippen LogP contribution >= 0.6 is 11.6 Å². The van der Waals surface area contributed by atoms with Crippen LogP contribution in [0.5, 0.6) is 11.5 Å². The molecule has 27 heavy (non-hydrogen) atoms. The molecule has 140 valence electrons. The second-order valence-corrected chi connectivity index (χ2v) is 5.93. The van der Waals surface area contributed by atoms with E-state index >= 15 is 0 Å². The minimum atomic E-state index is -0.310. The maximum absolute atomic E-state index is 12.5. The molecule has 0 bridgehead atoms. The second-order valence-electron chi connectivity index (χ2n) is 5.52. The van der Waals surface area contributed by atoms with Gasteiger partial charge in [-0.1, -0.05) is 29.8 Å². The Hall–Kier alpha value is -3.06. The molecule has 2 aromatic carbocycles. The smallest absolute Gasteiger partial charge is 0.258 e. The quantitative estimate of drug-likeness (QED) is 0.668. The number of amides is 1. The topological polar surface area (TPSA) is 86.5 Å². The highest BCUT2D eigenvalue weighted by molar-refractivity contribution is 6.33. The average molecular weight is 388 g/mol. The first kappa shape index (κ1) is 18.7. The highest BCUT2D eigenvalue weighted by Crippen LogP contribution is 2.28. The number of halogens is 1. The van der Waals surface area contributed by atoms with Gasteiger partial charge in [0.1, 0.15) is 17.1 Å². The van der Waals surface area contributed by atoms with Gasteiger partial charge in [0, 0.05) is 13.0 Å². The Morgan fingerprint density at radius 2 is 1.78 bits per heavy atom. The first-order valence-corrected chi connectivity index (χ1v) is 8.58. The van der Waals surface area contributed by atoms with E-state index in [9.17, 15) is 4.79 Å². The van der Waals surface area contributed by atoms with E-state index in [0.29, 0.717) is 52.4 Å². The van der Waals surface area contributed by atoms with Crippen molar-refractivity contribution in [3.05, 3.63) is 58.9 Å². The summed E-state index contributed by atoms with van der Waals surface area (Å²) in [6.45, 7) is 0.310. The Morgan fingerprint density at radius 3 is 2.44 bits per heavy atom. The molecular formula is C19H18ClN3O4. The van der Waals surface area contributed by atoms with Crippen molar-refractivity contribution in [2.75, 3.05) is 20.8 Å². The zero-order chi connectivity index (χ0) is 19.2. The van der Waals surface area contributed by atoms with Gasteiger partial charge in [0.15, 0.2) is 0 Å². The van der Waals surface area contributed by atoms with Crippen molar-refractivity contribution >= 4 is 17.5 Å². The number of carbonyl (C=O) groups excluding carboxylic acids is 1. The van der Waals surface area contributed by atoms with Gasteiger partial charge in [0.2, 0.25) is 11.8 Å². The fraction of sp³-hybridized carbons (Fsp3) is 0.211. The molecule has 3 rings (SSSR count). The summed E-state index contributed by atoms with van der Waals surface area (Å²) in [6, 6.07) is 12.4. The first-order chi connectivity index (χ1) is 13.1. The Balaban J connectivity index is 1.64. The Labute approximate surface area is 161 Å². The zero-order valence-electron chi connectivity index (χ0n) is 14.9. The maximum Gasteiger partial charge on any atom is 0.258 e. The van der Waals surface area contributed by atoms with Gasteiger partial charge >= 0.3 is 0 Å². The standard InChI is InChI=1S/C19H18ClN3O4/c1-25-14-8-5-9-15(26-2)17(14)18(24)21-11-10-16-22-23-19(27-16)12-6-3-4-7-13(12)20/h3-9H,10-11H2,1-2H3,(H,21,24). The molecule has 0 spiro atoms. The van der Waals surface area contributed by atoms with Crippen LogP contribution in [0.3, 0.4) is 0 Å². The lowest BCUT2D eigenvalue weighted by Crippen LogP contribution is -2.26. The number of nitrogens with one attached hydrogen (secondary N) is 1. The van der Waals surface area contributed by atoms with Crippen LogP contribution in [0.25, 0.3) is 11.5 Å². The van der Waals surface area contributed by atoms with Gasteiger partial charge < -0.3 is 19.2 Å².